The van der Waals surface area contributed by atoms with Crippen LogP contribution in [0.2, 0.25) is 0 Å². The molecule has 5 heteroatoms. The highest BCUT2D eigenvalue weighted by atomic mass is 35.5. The molecule has 0 aromatic carbocycles. The summed E-state index contributed by atoms with van der Waals surface area (Å²) in [7, 11) is 3.23. The van der Waals surface area contributed by atoms with Crippen LogP contribution in [0.25, 0.3) is 0 Å². The van der Waals surface area contributed by atoms with Gasteiger partial charge in [-0.3, -0.25) is 4.21 Å². The summed E-state index contributed by atoms with van der Waals surface area (Å²) in [6, 6.07) is 3.82. The van der Waals surface area contributed by atoms with Crippen LogP contribution in [-0.4, -0.2) is 36.0 Å². The van der Waals surface area contributed by atoms with Crippen molar-refractivity contribution in [3.05, 3.63) is 24.5 Å². The smallest absolute Gasteiger partial charge is 0.170 e. The van der Waals surface area contributed by atoms with Crippen molar-refractivity contribution < 1.29 is 21.2 Å². The normalized spacial score (nSPS) is 12.3. The van der Waals surface area contributed by atoms with Crippen LogP contribution < -0.4 is 17.0 Å². The van der Waals surface area contributed by atoms with Crippen molar-refractivity contribution in [2.45, 2.75) is 11.4 Å². The summed E-state index contributed by atoms with van der Waals surface area (Å²) in [6.45, 7) is 1.98. The SMILES string of the molecule is CN(C)CC[n+]1ccc(S(C)=O)cc1.[Cl-]. The van der Waals surface area contributed by atoms with Gasteiger partial charge in [-0.05, 0) is 14.1 Å². The highest BCUT2D eigenvalue weighted by Gasteiger charge is 2.03. The second kappa shape index (κ2) is 6.93. The highest BCUT2D eigenvalue weighted by molar-refractivity contribution is 7.84. The zero-order chi connectivity index (χ0) is 10.6. The van der Waals surface area contributed by atoms with Gasteiger partial charge in [-0.2, -0.15) is 0 Å². The van der Waals surface area contributed by atoms with Gasteiger partial charge in [0.1, 0.15) is 0 Å². The molecule has 0 saturated heterocycles. The molecule has 15 heavy (non-hydrogen) atoms. The maximum atomic E-state index is 11.1. The largest absolute Gasteiger partial charge is 1.00 e. The number of rotatable bonds is 4. The molecule has 0 saturated carbocycles. The van der Waals surface area contributed by atoms with Gasteiger partial charge in [0.2, 0.25) is 0 Å². The fourth-order valence-corrected chi connectivity index (χ4v) is 1.60. The van der Waals surface area contributed by atoms with E-state index in [-0.39, 0.29) is 12.4 Å². The summed E-state index contributed by atoms with van der Waals surface area (Å²) in [4.78, 5) is 3.02. The molecule has 0 aliphatic carbocycles. The van der Waals surface area contributed by atoms with Gasteiger partial charge >= 0.3 is 0 Å². The number of nitrogens with zero attached hydrogens (tertiary/aromatic N) is 2. The maximum Gasteiger partial charge on any atom is 0.170 e. The van der Waals surface area contributed by atoms with Gasteiger partial charge in [-0.25, -0.2) is 4.57 Å². The molecule has 1 heterocycles. The van der Waals surface area contributed by atoms with Gasteiger partial charge in [-0.1, -0.05) is 0 Å². The zero-order valence-electron chi connectivity index (χ0n) is 9.31. The fraction of sp³-hybridized carbons (Fsp3) is 0.500. The number of likely N-dealkylation sites (N-methyl/N-ethyl adjacent to an activating group) is 1. The van der Waals surface area contributed by atoms with E-state index >= 15 is 0 Å². The molecule has 1 rings (SSSR count). The van der Waals surface area contributed by atoms with Gasteiger partial charge in [0.05, 0.1) is 22.2 Å². The maximum absolute atomic E-state index is 11.1. The standard InChI is InChI=1S/C10H17N2OS.ClH/c1-11(2)8-9-12-6-4-10(5-7-12)14(3)13;/h4-7H,8-9H2,1-3H3;1H/q+1;/p-1. The molecule has 0 amide bonds. The minimum absolute atomic E-state index is 0. The van der Waals surface area contributed by atoms with E-state index in [1.165, 1.54) is 0 Å². The van der Waals surface area contributed by atoms with Gasteiger partial charge < -0.3 is 17.3 Å². The van der Waals surface area contributed by atoms with Gasteiger partial charge in [0.15, 0.2) is 18.9 Å². The Kier molecular flexibility index (Phi) is 6.72. The van der Waals surface area contributed by atoms with Crippen molar-refractivity contribution in [3.8, 4) is 0 Å². The molecule has 1 atom stereocenters. The zero-order valence-corrected chi connectivity index (χ0v) is 10.9. The molecule has 1 aromatic heterocycles. The van der Waals surface area contributed by atoms with E-state index < -0.39 is 10.8 Å². The van der Waals surface area contributed by atoms with Crippen LogP contribution in [0, 0.1) is 0 Å². The summed E-state index contributed by atoms with van der Waals surface area (Å²) < 4.78 is 13.2. The van der Waals surface area contributed by atoms with Crippen LogP contribution in [0.3, 0.4) is 0 Å². The lowest BCUT2D eigenvalue weighted by atomic mass is 10.4. The molecular formula is C10H17ClN2OS. The third-order valence-electron chi connectivity index (χ3n) is 2.00. The number of pyridine rings is 1. The number of hydrogen-bond donors (Lipinski definition) is 0. The Morgan fingerprint density at radius 1 is 1.33 bits per heavy atom. The van der Waals surface area contributed by atoms with E-state index in [0.29, 0.717) is 0 Å². The lowest BCUT2D eigenvalue weighted by Gasteiger charge is -2.05. The van der Waals surface area contributed by atoms with E-state index in [1.807, 2.05) is 24.5 Å². The predicted molar refractivity (Wildman–Crippen MR) is 57.5 cm³/mol. The van der Waals surface area contributed by atoms with Crippen LogP contribution in [0.5, 0.6) is 0 Å². The molecule has 0 N–H and O–H groups in total. The Balaban J connectivity index is 0.00000196. The first kappa shape index (κ1) is 14.6. The molecule has 0 aliphatic heterocycles. The second-order valence-electron chi connectivity index (χ2n) is 3.53. The molecule has 3 nitrogen and oxygen atoms in total. The average molecular weight is 249 g/mol. The second-order valence-corrected chi connectivity index (χ2v) is 4.91. The summed E-state index contributed by atoms with van der Waals surface area (Å²) in [5.74, 6) is 0. The Morgan fingerprint density at radius 3 is 2.27 bits per heavy atom. The molecule has 0 spiro atoms. The van der Waals surface area contributed by atoms with Crippen LogP contribution >= 0.6 is 0 Å². The lowest BCUT2D eigenvalue weighted by molar-refractivity contribution is -0.696. The van der Waals surface area contributed by atoms with Gasteiger partial charge in [0.25, 0.3) is 0 Å². The Bertz CT molecular complexity index is 314. The van der Waals surface area contributed by atoms with Crippen molar-refractivity contribution in [2.75, 3.05) is 26.9 Å². The highest BCUT2D eigenvalue weighted by Crippen LogP contribution is 1.99. The van der Waals surface area contributed by atoms with Crippen molar-refractivity contribution in [1.29, 1.82) is 0 Å². The summed E-state index contributed by atoms with van der Waals surface area (Å²) in [5.41, 5.74) is 0. The third-order valence-corrected chi connectivity index (χ3v) is 2.93. The minimum atomic E-state index is -0.874. The van der Waals surface area contributed by atoms with E-state index in [4.69, 9.17) is 0 Å². The van der Waals surface area contributed by atoms with Crippen LogP contribution in [-0.2, 0) is 17.3 Å². The molecule has 0 aliphatic rings. The Hall–Kier alpha value is -0.450. The van der Waals surface area contributed by atoms with Gasteiger partial charge in [0, 0.05) is 18.4 Å². The molecule has 0 bridgehead atoms. The van der Waals surface area contributed by atoms with Crippen LogP contribution in [0.15, 0.2) is 29.4 Å². The third kappa shape index (κ3) is 5.25. The van der Waals surface area contributed by atoms with E-state index in [0.717, 1.165) is 18.0 Å². The molecule has 1 aromatic rings. The molecule has 0 fully saturated rings. The molecular weight excluding hydrogens is 232 g/mol. The first-order chi connectivity index (χ1) is 6.59. The molecule has 1 unspecified atom stereocenters. The van der Waals surface area contributed by atoms with Crippen LogP contribution in [0.4, 0.5) is 0 Å². The van der Waals surface area contributed by atoms with Crippen molar-refractivity contribution >= 4 is 10.8 Å². The van der Waals surface area contributed by atoms with E-state index in [1.54, 1.807) is 6.26 Å². The number of aromatic nitrogens is 1. The monoisotopic (exact) mass is 248 g/mol. The lowest BCUT2D eigenvalue weighted by Crippen LogP contribution is -3.00. The van der Waals surface area contributed by atoms with E-state index in [2.05, 4.69) is 23.6 Å². The summed E-state index contributed by atoms with van der Waals surface area (Å²) in [5, 5.41) is 0. The average Bonchev–Trinajstić information content (AvgIpc) is 2.15. The summed E-state index contributed by atoms with van der Waals surface area (Å²) >= 11 is 0. The quantitative estimate of drug-likeness (QED) is 0.541. The van der Waals surface area contributed by atoms with Gasteiger partial charge in [-0.15, -0.1) is 0 Å². The fourth-order valence-electron chi connectivity index (χ4n) is 1.10. The number of hydrogen-bond acceptors (Lipinski definition) is 2. The topological polar surface area (TPSA) is 24.2 Å². The Labute approximate surface area is 100.0 Å². The Morgan fingerprint density at radius 2 is 1.87 bits per heavy atom. The minimum Gasteiger partial charge on any atom is -1.00 e. The van der Waals surface area contributed by atoms with Crippen molar-refractivity contribution in [3.63, 3.8) is 0 Å². The predicted octanol–water partition coefficient (Wildman–Crippen LogP) is -2.72. The first-order valence-electron chi connectivity index (χ1n) is 4.57. The van der Waals surface area contributed by atoms with E-state index in [9.17, 15) is 4.21 Å². The van der Waals surface area contributed by atoms with Crippen LogP contribution in [0.1, 0.15) is 0 Å². The van der Waals surface area contributed by atoms with Crippen molar-refractivity contribution in [2.24, 2.45) is 0 Å². The van der Waals surface area contributed by atoms with Crippen molar-refractivity contribution in [1.82, 2.24) is 4.90 Å². The molecule has 86 valence electrons. The summed E-state index contributed by atoms with van der Waals surface area (Å²) in [6.07, 6.45) is 5.64. The number of halogens is 1. The molecule has 0 radical (unpaired) electrons. The first-order valence-corrected chi connectivity index (χ1v) is 6.12.